The third-order valence-corrected chi connectivity index (χ3v) is 7.59. The predicted molar refractivity (Wildman–Crippen MR) is 136 cm³/mol. The maximum absolute atomic E-state index is 13.5. The number of ether oxygens (including phenoxy) is 1. The number of fused-ring (bicyclic) bond motifs is 1. The predicted octanol–water partition coefficient (Wildman–Crippen LogP) is 3.71. The number of nitrogens with zero attached hydrogens (tertiary/aromatic N) is 3. The van der Waals surface area contributed by atoms with Gasteiger partial charge in [-0.05, 0) is 56.4 Å². The second kappa shape index (κ2) is 10.4. The Hall–Kier alpha value is -2.93. The minimum Gasteiger partial charge on any atom is -0.372 e. The fourth-order valence-electron chi connectivity index (χ4n) is 5.90. The fourth-order valence-corrected chi connectivity index (χ4v) is 5.90. The van der Waals surface area contributed by atoms with Gasteiger partial charge >= 0.3 is 0 Å². The number of aromatic nitrogens is 1. The topological polar surface area (TPSA) is 74.8 Å². The average Bonchev–Trinajstić information content (AvgIpc) is 3.31. The zero-order valence-corrected chi connectivity index (χ0v) is 20.8. The summed E-state index contributed by atoms with van der Waals surface area (Å²) in [6, 6.07) is 12.2. The molecular formula is C28H36N4O3. The molecule has 0 radical (unpaired) electrons. The molecule has 35 heavy (non-hydrogen) atoms. The smallest absolute Gasteiger partial charge is 0.230 e. The van der Waals surface area contributed by atoms with Gasteiger partial charge in [0.1, 0.15) is 5.82 Å². The van der Waals surface area contributed by atoms with Gasteiger partial charge in [0.2, 0.25) is 11.8 Å². The van der Waals surface area contributed by atoms with E-state index in [2.05, 4.69) is 35.1 Å². The minimum absolute atomic E-state index is 0.0181. The lowest BCUT2D eigenvalue weighted by molar-refractivity contribution is -0.135. The lowest BCUT2D eigenvalue weighted by atomic mass is 9.77. The van der Waals surface area contributed by atoms with E-state index in [4.69, 9.17) is 4.74 Å². The number of hydrogen-bond acceptors (Lipinski definition) is 5. The van der Waals surface area contributed by atoms with Crippen LogP contribution in [0, 0.1) is 11.8 Å². The lowest BCUT2D eigenvalue weighted by Gasteiger charge is -2.36. The lowest BCUT2D eigenvalue weighted by Crippen LogP contribution is -2.45. The van der Waals surface area contributed by atoms with Gasteiger partial charge in [0.05, 0.1) is 18.1 Å². The number of rotatable bonds is 5. The molecule has 0 bridgehead atoms. The zero-order chi connectivity index (χ0) is 24.4. The number of carbonyl (C=O) groups is 2. The first-order valence-corrected chi connectivity index (χ1v) is 13.0. The molecule has 3 heterocycles. The summed E-state index contributed by atoms with van der Waals surface area (Å²) in [5.41, 5.74) is 3.19. The van der Waals surface area contributed by atoms with Crippen molar-refractivity contribution in [2.24, 2.45) is 11.8 Å². The molecule has 2 fully saturated rings. The van der Waals surface area contributed by atoms with Crippen molar-refractivity contribution >= 4 is 23.3 Å². The number of pyridine rings is 1. The van der Waals surface area contributed by atoms with Crippen LogP contribution in [0.2, 0.25) is 0 Å². The molecule has 2 aromatic rings. The van der Waals surface area contributed by atoms with Gasteiger partial charge in [0, 0.05) is 44.0 Å². The molecular weight excluding hydrogens is 440 g/mol. The standard InChI is InChI=1S/C28H36N4O3/c1-19-17-31(18-20(2)35-19)26-12-11-21(15-29-26)16-30-27(33)23-8-4-5-9-24(23)28(34)32-14-13-22-7-3-6-10-25(22)32/h3,6-7,10-12,15,19-20,23-24H,4-5,8-9,13-14,16-18H2,1-2H3,(H,30,33). The molecule has 1 aromatic carbocycles. The van der Waals surface area contributed by atoms with Crippen molar-refractivity contribution in [1.29, 1.82) is 0 Å². The van der Waals surface area contributed by atoms with E-state index in [-0.39, 0.29) is 35.9 Å². The molecule has 1 aliphatic carbocycles. The number of benzene rings is 1. The summed E-state index contributed by atoms with van der Waals surface area (Å²) in [7, 11) is 0. The molecule has 0 spiro atoms. The summed E-state index contributed by atoms with van der Waals surface area (Å²) in [5, 5.41) is 3.09. The first-order valence-electron chi connectivity index (χ1n) is 13.0. The third kappa shape index (κ3) is 5.20. The normalized spacial score (nSPS) is 26.3. The van der Waals surface area contributed by atoms with Crippen LogP contribution in [0.1, 0.15) is 50.7 Å². The van der Waals surface area contributed by atoms with Gasteiger partial charge in [0.15, 0.2) is 0 Å². The van der Waals surface area contributed by atoms with Crippen LogP contribution in [0.3, 0.4) is 0 Å². The van der Waals surface area contributed by atoms with E-state index < -0.39 is 0 Å². The summed E-state index contributed by atoms with van der Waals surface area (Å²) in [5.74, 6) is 0.504. The number of morpholine rings is 1. The van der Waals surface area contributed by atoms with Gasteiger partial charge in [0.25, 0.3) is 0 Å². The van der Waals surface area contributed by atoms with Crippen LogP contribution in [0.25, 0.3) is 0 Å². The van der Waals surface area contributed by atoms with Crippen molar-refractivity contribution in [2.75, 3.05) is 29.4 Å². The molecule has 1 N–H and O–H groups in total. The monoisotopic (exact) mass is 476 g/mol. The number of amides is 2. The summed E-state index contributed by atoms with van der Waals surface area (Å²) < 4.78 is 5.82. The number of anilines is 2. The van der Waals surface area contributed by atoms with Crippen LogP contribution in [0.4, 0.5) is 11.5 Å². The summed E-state index contributed by atoms with van der Waals surface area (Å²) in [4.78, 5) is 35.5. The summed E-state index contributed by atoms with van der Waals surface area (Å²) >= 11 is 0. The van der Waals surface area contributed by atoms with Crippen LogP contribution in [0.15, 0.2) is 42.6 Å². The van der Waals surface area contributed by atoms with Crippen molar-refractivity contribution < 1.29 is 14.3 Å². The Balaban J connectivity index is 1.20. The second-order valence-corrected chi connectivity index (χ2v) is 10.3. The molecule has 4 unspecified atom stereocenters. The van der Waals surface area contributed by atoms with Gasteiger partial charge in [-0.2, -0.15) is 0 Å². The van der Waals surface area contributed by atoms with E-state index in [1.54, 1.807) is 0 Å². The molecule has 7 heteroatoms. The maximum Gasteiger partial charge on any atom is 0.230 e. The molecule has 2 aliphatic heterocycles. The molecule has 1 aromatic heterocycles. The molecule has 7 nitrogen and oxygen atoms in total. The molecule has 5 rings (SSSR count). The summed E-state index contributed by atoms with van der Waals surface area (Å²) in [6.07, 6.45) is 6.62. The van der Waals surface area contributed by atoms with E-state index >= 15 is 0 Å². The maximum atomic E-state index is 13.5. The van der Waals surface area contributed by atoms with E-state index in [0.29, 0.717) is 13.1 Å². The molecule has 186 valence electrons. The Morgan fingerprint density at radius 3 is 2.51 bits per heavy atom. The van der Waals surface area contributed by atoms with Crippen molar-refractivity contribution in [2.45, 2.75) is 64.7 Å². The average molecular weight is 477 g/mol. The Labute approximate surface area is 207 Å². The largest absolute Gasteiger partial charge is 0.372 e. The SMILES string of the molecule is CC1CN(c2ccc(CNC(=O)C3CCCCC3C(=O)N3CCc4ccccc43)cn2)CC(C)O1. The van der Waals surface area contributed by atoms with Crippen LogP contribution >= 0.6 is 0 Å². The Kier molecular flexibility index (Phi) is 7.04. The van der Waals surface area contributed by atoms with Crippen LogP contribution < -0.4 is 15.1 Å². The number of hydrogen-bond donors (Lipinski definition) is 1. The van der Waals surface area contributed by atoms with Gasteiger partial charge in [-0.3, -0.25) is 9.59 Å². The number of nitrogens with one attached hydrogen (secondary N) is 1. The highest BCUT2D eigenvalue weighted by molar-refractivity contribution is 5.99. The highest BCUT2D eigenvalue weighted by Crippen LogP contribution is 2.36. The van der Waals surface area contributed by atoms with Crippen molar-refractivity contribution in [1.82, 2.24) is 10.3 Å². The Morgan fingerprint density at radius 1 is 1.03 bits per heavy atom. The van der Waals surface area contributed by atoms with Crippen molar-refractivity contribution in [3.8, 4) is 0 Å². The van der Waals surface area contributed by atoms with Crippen LogP contribution in [-0.2, 0) is 27.3 Å². The summed E-state index contributed by atoms with van der Waals surface area (Å²) in [6.45, 7) is 6.95. The number of para-hydroxylation sites is 1. The molecule has 4 atom stereocenters. The van der Waals surface area contributed by atoms with E-state index in [1.807, 2.05) is 41.4 Å². The molecule has 1 saturated carbocycles. The Morgan fingerprint density at radius 2 is 1.77 bits per heavy atom. The third-order valence-electron chi connectivity index (χ3n) is 7.59. The second-order valence-electron chi connectivity index (χ2n) is 10.3. The van der Waals surface area contributed by atoms with Crippen LogP contribution in [0.5, 0.6) is 0 Å². The highest BCUT2D eigenvalue weighted by Gasteiger charge is 2.39. The zero-order valence-electron chi connectivity index (χ0n) is 20.8. The molecule has 3 aliphatic rings. The first kappa shape index (κ1) is 23.8. The van der Waals surface area contributed by atoms with Gasteiger partial charge in [-0.25, -0.2) is 4.98 Å². The number of carbonyl (C=O) groups excluding carboxylic acids is 2. The van der Waals surface area contributed by atoms with Crippen LogP contribution in [-0.4, -0.2) is 48.6 Å². The highest BCUT2D eigenvalue weighted by atomic mass is 16.5. The quantitative estimate of drug-likeness (QED) is 0.712. The van der Waals surface area contributed by atoms with E-state index in [0.717, 1.165) is 62.3 Å². The van der Waals surface area contributed by atoms with E-state index in [1.165, 1.54) is 5.56 Å². The van der Waals surface area contributed by atoms with Crippen molar-refractivity contribution in [3.63, 3.8) is 0 Å². The van der Waals surface area contributed by atoms with Crippen molar-refractivity contribution in [3.05, 3.63) is 53.7 Å². The Bertz CT molecular complexity index is 1050. The van der Waals surface area contributed by atoms with Gasteiger partial charge < -0.3 is 19.9 Å². The fraction of sp³-hybridized carbons (Fsp3) is 0.536. The first-order chi connectivity index (χ1) is 17.0. The van der Waals surface area contributed by atoms with Gasteiger partial charge in [-0.15, -0.1) is 0 Å². The molecule has 2 amide bonds. The van der Waals surface area contributed by atoms with Gasteiger partial charge in [-0.1, -0.05) is 37.1 Å². The van der Waals surface area contributed by atoms with E-state index in [9.17, 15) is 9.59 Å². The minimum atomic E-state index is -0.271. The molecule has 1 saturated heterocycles.